The van der Waals surface area contributed by atoms with E-state index in [9.17, 15) is 19.4 Å². The molecule has 0 fully saturated rings. The smallest absolute Gasteiger partial charge is 0.387 e. The van der Waals surface area contributed by atoms with E-state index in [1.54, 1.807) is 6.08 Å². The number of quaternary nitrogens is 1. The standard InChI is InChI=1S/C41H79N2O6P/c1-6-8-10-12-14-16-18-20-21-23-24-26-28-30-32-34-40(44)39(38-49-50(46,47)48-37-36-43(3,4)5)42-41(45)35-33-31-29-27-25-22-19-17-15-13-11-9-7-2/h17,19,24,26,32,34,39-40,44H,6-16,18,20-23,25,27-31,33,35-38H2,1-5H3,(H-,42,45,46,47)/p+1/b19-17-,26-24+,34-32+. The topological polar surface area (TPSA) is 105 Å². The van der Waals surface area contributed by atoms with Crippen molar-refractivity contribution in [2.45, 2.75) is 180 Å². The Morgan fingerprint density at radius 1 is 0.660 bits per heavy atom. The number of phosphoric ester groups is 1. The summed E-state index contributed by atoms with van der Waals surface area (Å²) in [6, 6.07) is -0.864. The summed E-state index contributed by atoms with van der Waals surface area (Å²) in [7, 11) is 1.54. The molecule has 3 unspecified atom stereocenters. The Labute approximate surface area is 308 Å². The summed E-state index contributed by atoms with van der Waals surface area (Å²) < 4.78 is 23.5. The summed E-state index contributed by atoms with van der Waals surface area (Å²) >= 11 is 0. The zero-order chi connectivity index (χ0) is 37.2. The Bertz CT molecular complexity index is 917. The van der Waals surface area contributed by atoms with Crippen molar-refractivity contribution in [1.82, 2.24) is 5.32 Å². The van der Waals surface area contributed by atoms with Gasteiger partial charge in [-0.05, 0) is 57.8 Å². The largest absolute Gasteiger partial charge is 0.472 e. The second-order valence-electron chi connectivity index (χ2n) is 15.0. The van der Waals surface area contributed by atoms with Crippen molar-refractivity contribution in [1.29, 1.82) is 0 Å². The number of nitrogens with zero attached hydrogens (tertiary/aromatic N) is 1. The Hall–Kier alpha value is -1.28. The van der Waals surface area contributed by atoms with Crippen LogP contribution < -0.4 is 5.32 Å². The van der Waals surface area contributed by atoms with Crippen LogP contribution in [0.15, 0.2) is 36.5 Å². The fraction of sp³-hybridized carbons (Fsp3) is 0.829. The maximum absolute atomic E-state index is 12.8. The number of amides is 1. The summed E-state index contributed by atoms with van der Waals surface area (Å²) in [6.07, 6.45) is 39.2. The van der Waals surface area contributed by atoms with Gasteiger partial charge in [-0.1, -0.05) is 140 Å². The summed E-state index contributed by atoms with van der Waals surface area (Å²) in [5, 5.41) is 13.7. The lowest BCUT2D eigenvalue weighted by Gasteiger charge is -2.25. The van der Waals surface area contributed by atoms with Crippen LogP contribution in [0.25, 0.3) is 0 Å². The highest BCUT2D eigenvalue weighted by Crippen LogP contribution is 2.43. The highest BCUT2D eigenvalue weighted by atomic mass is 31.2. The highest BCUT2D eigenvalue weighted by molar-refractivity contribution is 7.47. The van der Waals surface area contributed by atoms with Gasteiger partial charge in [-0.2, -0.15) is 0 Å². The molecule has 0 saturated heterocycles. The highest BCUT2D eigenvalue weighted by Gasteiger charge is 2.27. The molecule has 1 amide bonds. The summed E-state index contributed by atoms with van der Waals surface area (Å²) in [5.74, 6) is -0.199. The van der Waals surface area contributed by atoms with Crippen molar-refractivity contribution in [3.63, 3.8) is 0 Å². The van der Waals surface area contributed by atoms with Crippen molar-refractivity contribution in [2.75, 3.05) is 40.9 Å². The molecule has 0 spiro atoms. The first-order chi connectivity index (χ1) is 24.0. The maximum Gasteiger partial charge on any atom is 0.472 e. The number of hydrogen-bond acceptors (Lipinski definition) is 5. The van der Waals surface area contributed by atoms with E-state index in [1.807, 2.05) is 27.2 Å². The molecule has 0 aliphatic carbocycles. The van der Waals surface area contributed by atoms with E-state index in [0.717, 1.165) is 51.4 Å². The molecule has 0 radical (unpaired) electrons. The van der Waals surface area contributed by atoms with Gasteiger partial charge < -0.3 is 19.8 Å². The van der Waals surface area contributed by atoms with E-state index in [0.29, 0.717) is 17.4 Å². The molecule has 8 nitrogen and oxygen atoms in total. The molecule has 0 aromatic carbocycles. The van der Waals surface area contributed by atoms with E-state index in [1.165, 1.54) is 96.3 Å². The first-order valence-electron chi connectivity index (χ1n) is 20.4. The van der Waals surface area contributed by atoms with Crippen molar-refractivity contribution in [3.05, 3.63) is 36.5 Å². The normalized spacial score (nSPS) is 14.9. The quantitative estimate of drug-likeness (QED) is 0.0257. The zero-order valence-electron chi connectivity index (χ0n) is 33.1. The number of rotatable bonds is 36. The second kappa shape index (κ2) is 33.5. The average Bonchev–Trinajstić information content (AvgIpc) is 3.06. The number of unbranched alkanes of at least 4 members (excludes halogenated alkanes) is 19. The van der Waals surface area contributed by atoms with Crippen LogP contribution in [-0.2, 0) is 18.4 Å². The number of nitrogens with one attached hydrogen (secondary N) is 1. The average molecular weight is 728 g/mol. The van der Waals surface area contributed by atoms with Crippen molar-refractivity contribution in [3.8, 4) is 0 Å². The van der Waals surface area contributed by atoms with Crippen LogP contribution in [0, 0.1) is 0 Å². The molecule has 0 bridgehead atoms. The number of aliphatic hydroxyl groups excluding tert-OH is 1. The first-order valence-corrected chi connectivity index (χ1v) is 21.9. The zero-order valence-corrected chi connectivity index (χ0v) is 34.0. The molecule has 3 atom stereocenters. The molecule has 50 heavy (non-hydrogen) atoms. The van der Waals surface area contributed by atoms with E-state index < -0.39 is 20.0 Å². The molecule has 0 aromatic heterocycles. The van der Waals surface area contributed by atoms with Gasteiger partial charge in [-0.15, -0.1) is 0 Å². The first kappa shape index (κ1) is 48.7. The van der Waals surface area contributed by atoms with Gasteiger partial charge in [0.05, 0.1) is 39.9 Å². The Morgan fingerprint density at radius 2 is 1.10 bits per heavy atom. The van der Waals surface area contributed by atoms with Crippen LogP contribution in [-0.4, -0.2) is 73.4 Å². The molecule has 0 rings (SSSR count). The third-order valence-electron chi connectivity index (χ3n) is 8.83. The molecule has 0 aliphatic heterocycles. The fourth-order valence-corrected chi connectivity index (χ4v) is 6.26. The van der Waals surface area contributed by atoms with Gasteiger partial charge >= 0.3 is 7.82 Å². The fourth-order valence-electron chi connectivity index (χ4n) is 5.52. The van der Waals surface area contributed by atoms with Crippen LogP contribution in [0.5, 0.6) is 0 Å². The van der Waals surface area contributed by atoms with Crippen LogP contribution >= 0.6 is 7.82 Å². The van der Waals surface area contributed by atoms with E-state index in [2.05, 4.69) is 43.5 Å². The van der Waals surface area contributed by atoms with E-state index in [-0.39, 0.29) is 19.1 Å². The van der Waals surface area contributed by atoms with Gasteiger partial charge in [-0.3, -0.25) is 13.8 Å². The Morgan fingerprint density at radius 3 is 1.62 bits per heavy atom. The summed E-state index contributed by atoms with van der Waals surface area (Å²) in [6.45, 7) is 4.75. The van der Waals surface area contributed by atoms with Gasteiger partial charge in [0.15, 0.2) is 0 Å². The lowest BCUT2D eigenvalue weighted by atomic mass is 10.1. The Kier molecular flexibility index (Phi) is 32.7. The SMILES string of the molecule is CCCCCC/C=C\CCCCCCCC(=O)NC(COP(=O)(O)OCC[N+](C)(C)C)C(O)/C=C/CC/C=C/CCCCCCCCCCC. The molecule has 0 aromatic rings. The molecule has 3 N–H and O–H groups in total. The number of likely N-dealkylation sites (N-methyl/N-ethyl adjacent to an activating group) is 1. The minimum atomic E-state index is -4.34. The van der Waals surface area contributed by atoms with E-state index in [4.69, 9.17) is 9.05 Å². The van der Waals surface area contributed by atoms with Crippen molar-refractivity contribution >= 4 is 13.7 Å². The molecular formula is C41H80N2O6P+. The second-order valence-corrected chi connectivity index (χ2v) is 16.5. The molecule has 0 aliphatic rings. The molecule has 9 heteroatoms. The summed E-state index contributed by atoms with van der Waals surface area (Å²) in [4.78, 5) is 23.0. The number of hydrogen-bond donors (Lipinski definition) is 3. The lowest BCUT2D eigenvalue weighted by molar-refractivity contribution is -0.870. The van der Waals surface area contributed by atoms with Crippen molar-refractivity contribution < 1.29 is 32.9 Å². The van der Waals surface area contributed by atoms with Gasteiger partial charge in [0.25, 0.3) is 0 Å². The molecular weight excluding hydrogens is 647 g/mol. The lowest BCUT2D eigenvalue weighted by Crippen LogP contribution is -2.45. The number of phosphoric acid groups is 1. The van der Waals surface area contributed by atoms with Crippen LogP contribution in [0.1, 0.15) is 168 Å². The predicted molar refractivity (Wildman–Crippen MR) is 212 cm³/mol. The maximum atomic E-state index is 12.8. The third kappa shape index (κ3) is 35.1. The number of carbonyl (C=O) groups is 1. The summed E-state index contributed by atoms with van der Waals surface area (Å²) in [5.41, 5.74) is 0. The van der Waals surface area contributed by atoms with Gasteiger partial charge in [0.2, 0.25) is 5.91 Å². The molecule has 294 valence electrons. The van der Waals surface area contributed by atoms with Crippen molar-refractivity contribution in [2.24, 2.45) is 0 Å². The number of allylic oxidation sites excluding steroid dienone is 5. The van der Waals surface area contributed by atoms with Crippen LogP contribution in [0.3, 0.4) is 0 Å². The van der Waals surface area contributed by atoms with E-state index >= 15 is 0 Å². The van der Waals surface area contributed by atoms with Gasteiger partial charge in [-0.25, -0.2) is 4.57 Å². The predicted octanol–water partition coefficient (Wildman–Crippen LogP) is 10.7. The molecule has 0 heterocycles. The van der Waals surface area contributed by atoms with Crippen LogP contribution in [0.4, 0.5) is 0 Å². The number of carbonyl (C=O) groups excluding carboxylic acids is 1. The third-order valence-corrected chi connectivity index (χ3v) is 9.82. The monoisotopic (exact) mass is 728 g/mol. The van der Waals surface area contributed by atoms with Gasteiger partial charge in [0, 0.05) is 6.42 Å². The molecule has 0 saturated carbocycles. The Balaban J connectivity index is 4.57. The van der Waals surface area contributed by atoms with Crippen LogP contribution in [0.2, 0.25) is 0 Å². The number of aliphatic hydroxyl groups is 1. The minimum absolute atomic E-state index is 0.0543. The minimum Gasteiger partial charge on any atom is -0.387 e. The van der Waals surface area contributed by atoms with Gasteiger partial charge in [0.1, 0.15) is 13.2 Å².